The molecule has 4 rings (SSSR count). The minimum atomic E-state index is 0.0265. The molecule has 0 bridgehead atoms. The normalized spacial score (nSPS) is 12.1. The Labute approximate surface area is 176 Å². The molecule has 0 spiro atoms. The number of aromatic nitrogens is 3. The van der Waals surface area contributed by atoms with Crippen LogP contribution in [0.2, 0.25) is 0 Å². The van der Waals surface area contributed by atoms with Crippen LogP contribution < -0.4 is 4.74 Å². The van der Waals surface area contributed by atoms with Crippen molar-refractivity contribution in [3.8, 4) is 5.75 Å². The Morgan fingerprint density at radius 1 is 1.13 bits per heavy atom. The highest BCUT2D eigenvalue weighted by Gasteiger charge is 2.22. The number of nitrogens with zero attached hydrogens (tertiary/aromatic N) is 3. The molecular formula is C25H25N3O2. The first-order valence-electron chi connectivity index (χ1n) is 10.0. The fourth-order valence-corrected chi connectivity index (χ4v) is 3.93. The SMILES string of the molecule is COc1ccc2nc(C[C@H](CC(=O)c3nccn3C)c3ccccc3C)ccc2c1. The summed E-state index contributed by atoms with van der Waals surface area (Å²) < 4.78 is 7.08. The summed E-state index contributed by atoms with van der Waals surface area (Å²) in [6.07, 6.45) is 4.53. The summed E-state index contributed by atoms with van der Waals surface area (Å²) in [6.45, 7) is 2.09. The standard InChI is InChI=1S/C25H25N3O2/c1-17-6-4-5-7-22(17)19(16-24(29)25-26-12-13-28(25)2)14-20-9-8-18-15-21(30-3)10-11-23(18)27-20/h4-13,15,19H,14,16H2,1-3H3/t19-/m1/s1. The average molecular weight is 399 g/mol. The van der Waals surface area contributed by atoms with E-state index in [1.807, 2.05) is 43.4 Å². The number of methoxy groups -OCH3 is 1. The van der Waals surface area contributed by atoms with Gasteiger partial charge in [0.05, 0.1) is 12.6 Å². The Morgan fingerprint density at radius 2 is 1.97 bits per heavy atom. The zero-order chi connectivity index (χ0) is 21.1. The van der Waals surface area contributed by atoms with Crippen LogP contribution in [0.25, 0.3) is 10.9 Å². The lowest BCUT2D eigenvalue weighted by molar-refractivity contribution is 0.0960. The number of fused-ring (bicyclic) bond motifs is 1. The summed E-state index contributed by atoms with van der Waals surface area (Å²) in [5, 5.41) is 1.04. The van der Waals surface area contributed by atoms with Crippen LogP contribution in [0.3, 0.4) is 0 Å². The summed E-state index contributed by atoms with van der Waals surface area (Å²) in [6, 6.07) is 18.2. The molecule has 0 aliphatic carbocycles. The van der Waals surface area contributed by atoms with Crippen LogP contribution >= 0.6 is 0 Å². The van der Waals surface area contributed by atoms with Crippen LogP contribution in [-0.2, 0) is 13.5 Å². The minimum Gasteiger partial charge on any atom is -0.497 e. The van der Waals surface area contributed by atoms with Gasteiger partial charge in [0.15, 0.2) is 11.6 Å². The van der Waals surface area contributed by atoms with Crippen LogP contribution in [0.1, 0.15) is 39.8 Å². The lowest BCUT2D eigenvalue weighted by Gasteiger charge is -2.19. The Kier molecular flexibility index (Phi) is 5.61. The van der Waals surface area contributed by atoms with Crippen molar-refractivity contribution in [3.63, 3.8) is 0 Å². The molecule has 30 heavy (non-hydrogen) atoms. The largest absolute Gasteiger partial charge is 0.497 e. The maximum Gasteiger partial charge on any atom is 0.198 e. The molecule has 1 atom stereocenters. The molecule has 2 heterocycles. The third kappa shape index (κ3) is 4.10. The molecule has 0 fully saturated rings. The van der Waals surface area contributed by atoms with E-state index in [0.29, 0.717) is 18.7 Å². The maximum absolute atomic E-state index is 13.0. The molecule has 0 amide bonds. The van der Waals surface area contributed by atoms with Gasteiger partial charge in [0.2, 0.25) is 0 Å². The minimum absolute atomic E-state index is 0.0265. The van der Waals surface area contributed by atoms with Crippen LogP contribution in [0.15, 0.2) is 67.0 Å². The molecule has 152 valence electrons. The van der Waals surface area contributed by atoms with Gasteiger partial charge in [-0.2, -0.15) is 0 Å². The zero-order valence-corrected chi connectivity index (χ0v) is 17.5. The molecule has 0 unspecified atom stereocenters. The topological polar surface area (TPSA) is 57.0 Å². The second kappa shape index (κ2) is 8.49. The average Bonchev–Trinajstić information content (AvgIpc) is 3.19. The van der Waals surface area contributed by atoms with E-state index in [9.17, 15) is 4.79 Å². The van der Waals surface area contributed by atoms with Gasteiger partial charge < -0.3 is 9.30 Å². The molecular weight excluding hydrogens is 374 g/mol. The summed E-state index contributed by atoms with van der Waals surface area (Å²) in [5.74, 6) is 1.38. The van der Waals surface area contributed by atoms with Crippen molar-refractivity contribution in [2.24, 2.45) is 7.05 Å². The van der Waals surface area contributed by atoms with Crippen LogP contribution in [-0.4, -0.2) is 27.4 Å². The first-order valence-corrected chi connectivity index (χ1v) is 10.0. The van der Waals surface area contributed by atoms with E-state index >= 15 is 0 Å². The number of rotatable bonds is 7. The molecule has 0 saturated carbocycles. The number of carbonyl (C=O) groups is 1. The molecule has 5 nitrogen and oxygen atoms in total. The predicted octanol–water partition coefficient (Wildman–Crippen LogP) is 4.88. The highest BCUT2D eigenvalue weighted by Crippen LogP contribution is 2.29. The van der Waals surface area contributed by atoms with E-state index in [1.165, 1.54) is 11.1 Å². The van der Waals surface area contributed by atoms with E-state index in [4.69, 9.17) is 9.72 Å². The smallest absolute Gasteiger partial charge is 0.198 e. The first-order chi connectivity index (χ1) is 14.5. The number of carbonyl (C=O) groups excluding carboxylic acids is 1. The molecule has 0 radical (unpaired) electrons. The number of ether oxygens (including phenoxy) is 1. The Hall–Kier alpha value is -3.47. The van der Waals surface area contributed by atoms with Crippen molar-refractivity contribution in [2.75, 3.05) is 7.11 Å². The molecule has 2 aromatic carbocycles. The van der Waals surface area contributed by atoms with Crippen LogP contribution in [0.4, 0.5) is 0 Å². The highest BCUT2D eigenvalue weighted by molar-refractivity contribution is 5.93. The Morgan fingerprint density at radius 3 is 2.70 bits per heavy atom. The molecule has 2 aromatic heterocycles. The van der Waals surface area contributed by atoms with Gasteiger partial charge in [-0.15, -0.1) is 0 Å². The fourth-order valence-electron chi connectivity index (χ4n) is 3.93. The lowest BCUT2D eigenvalue weighted by Crippen LogP contribution is -2.15. The molecule has 5 heteroatoms. The van der Waals surface area contributed by atoms with E-state index in [2.05, 4.69) is 30.1 Å². The third-order valence-electron chi connectivity index (χ3n) is 5.54. The number of hydrogen-bond donors (Lipinski definition) is 0. The summed E-state index contributed by atoms with van der Waals surface area (Å²) in [7, 11) is 3.51. The van der Waals surface area contributed by atoms with Crippen molar-refractivity contribution >= 4 is 16.7 Å². The number of aryl methyl sites for hydroxylation is 2. The van der Waals surface area contributed by atoms with Crippen molar-refractivity contribution in [1.82, 2.24) is 14.5 Å². The summed E-state index contributed by atoms with van der Waals surface area (Å²) in [5.41, 5.74) is 4.25. The second-order valence-electron chi connectivity index (χ2n) is 7.61. The quantitative estimate of drug-likeness (QED) is 0.416. The van der Waals surface area contributed by atoms with Crippen molar-refractivity contribution in [1.29, 1.82) is 0 Å². The monoisotopic (exact) mass is 399 g/mol. The molecule has 0 saturated heterocycles. The van der Waals surface area contributed by atoms with Gasteiger partial charge in [-0.25, -0.2) is 4.98 Å². The van der Waals surface area contributed by atoms with E-state index in [-0.39, 0.29) is 11.7 Å². The van der Waals surface area contributed by atoms with Crippen LogP contribution in [0.5, 0.6) is 5.75 Å². The summed E-state index contributed by atoms with van der Waals surface area (Å²) in [4.78, 5) is 22.1. The van der Waals surface area contributed by atoms with E-state index in [1.54, 1.807) is 24.1 Å². The number of pyridine rings is 1. The fraction of sp³-hybridized carbons (Fsp3) is 0.240. The molecule has 0 N–H and O–H groups in total. The summed E-state index contributed by atoms with van der Waals surface area (Å²) >= 11 is 0. The highest BCUT2D eigenvalue weighted by atomic mass is 16.5. The number of benzene rings is 2. The number of hydrogen-bond acceptors (Lipinski definition) is 4. The maximum atomic E-state index is 13.0. The predicted molar refractivity (Wildman–Crippen MR) is 118 cm³/mol. The second-order valence-corrected chi connectivity index (χ2v) is 7.61. The van der Waals surface area contributed by atoms with Gasteiger partial charge in [0.1, 0.15) is 5.75 Å². The molecule has 0 aliphatic heterocycles. The number of imidazole rings is 1. The van der Waals surface area contributed by atoms with Crippen LogP contribution in [0, 0.1) is 6.92 Å². The molecule has 0 aliphatic rings. The first kappa shape index (κ1) is 19.8. The Balaban J connectivity index is 1.66. The number of Topliss-reactive ketones (excluding diaryl/α,β-unsaturated/α-hetero) is 1. The lowest BCUT2D eigenvalue weighted by atomic mass is 9.86. The zero-order valence-electron chi connectivity index (χ0n) is 17.5. The molecule has 4 aromatic rings. The third-order valence-corrected chi connectivity index (χ3v) is 5.54. The van der Waals surface area contributed by atoms with Gasteiger partial charge in [-0.05, 0) is 54.7 Å². The van der Waals surface area contributed by atoms with Gasteiger partial charge in [0.25, 0.3) is 0 Å². The van der Waals surface area contributed by atoms with Gasteiger partial charge in [0, 0.05) is 36.9 Å². The van der Waals surface area contributed by atoms with E-state index in [0.717, 1.165) is 22.3 Å². The Bertz CT molecular complexity index is 1200. The van der Waals surface area contributed by atoms with Crippen molar-refractivity contribution < 1.29 is 9.53 Å². The van der Waals surface area contributed by atoms with Gasteiger partial charge >= 0.3 is 0 Å². The van der Waals surface area contributed by atoms with Crippen molar-refractivity contribution in [3.05, 3.63) is 89.6 Å². The van der Waals surface area contributed by atoms with Gasteiger partial charge in [-0.1, -0.05) is 30.3 Å². The van der Waals surface area contributed by atoms with E-state index < -0.39 is 0 Å². The van der Waals surface area contributed by atoms with Crippen molar-refractivity contribution in [2.45, 2.75) is 25.7 Å². The van der Waals surface area contributed by atoms with Gasteiger partial charge in [-0.3, -0.25) is 9.78 Å². The number of ketones is 1.